The summed E-state index contributed by atoms with van der Waals surface area (Å²) in [7, 11) is 0. The molecule has 1 atom stereocenters. The van der Waals surface area contributed by atoms with Gasteiger partial charge in [-0.2, -0.15) is 0 Å². The summed E-state index contributed by atoms with van der Waals surface area (Å²) in [5, 5.41) is 0. The van der Waals surface area contributed by atoms with Gasteiger partial charge in [0.25, 0.3) is 0 Å². The van der Waals surface area contributed by atoms with Gasteiger partial charge in [0.15, 0.2) is 0 Å². The van der Waals surface area contributed by atoms with E-state index in [4.69, 9.17) is 4.74 Å². The number of ether oxygens (including phenoxy) is 1. The first-order valence-corrected chi connectivity index (χ1v) is 4.44. The molecule has 1 heterocycles. The number of rotatable bonds is 1. The molecule has 0 aromatic rings. The van der Waals surface area contributed by atoms with E-state index in [0.29, 0.717) is 5.60 Å². The van der Waals surface area contributed by atoms with Gasteiger partial charge in [0.05, 0.1) is 0 Å². The number of hydrogen-bond acceptors (Lipinski definition) is 1. The van der Waals surface area contributed by atoms with Gasteiger partial charge in [0.1, 0.15) is 0 Å². The van der Waals surface area contributed by atoms with Crippen molar-refractivity contribution in [2.24, 2.45) is 0 Å². The zero-order valence-corrected chi connectivity index (χ0v) is 7.20. The molecule has 0 aliphatic carbocycles. The van der Waals surface area contributed by atoms with Gasteiger partial charge in [-0.1, -0.05) is 0 Å². The molecule has 2 radical (unpaired) electrons. The van der Waals surface area contributed by atoms with Crippen LogP contribution in [0.3, 0.4) is 0 Å². The van der Waals surface area contributed by atoms with E-state index >= 15 is 0 Å². The van der Waals surface area contributed by atoms with Crippen molar-refractivity contribution in [1.82, 2.24) is 0 Å². The SMILES string of the molecule is CC1([CH2][SnH])CO1. The molecule has 0 aromatic heterocycles. The molecule has 1 unspecified atom stereocenters. The molecule has 6 heavy (non-hydrogen) atoms. The van der Waals surface area contributed by atoms with E-state index in [1.54, 1.807) is 0 Å². The van der Waals surface area contributed by atoms with Crippen LogP contribution in [0.4, 0.5) is 0 Å². The summed E-state index contributed by atoms with van der Waals surface area (Å²) < 4.78 is 6.37. The second-order valence-corrected chi connectivity index (χ2v) is 3.11. The Bertz CT molecular complexity index is 58.6. The molecule has 0 saturated carbocycles. The van der Waals surface area contributed by atoms with Crippen molar-refractivity contribution in [1.29, 1.82) is 0 Å². The van der Waals surface area contributed by atoms with E-state index in [-0.39, 0.29) is 0 Å². The molecule has 34 valence electrons. The van der Waals surface area contributed by atoms with Crippen LogP contribution in [0.2, 0.25) is 4.44 Å². The normalized spacial score (nSPS) is 43.0. The molecule has 0 amide bonds. The molecule has 1 aliphatic rings. The average molecular weight is 191 g/mol. The fraction of sp³-hybridized carbons (Fsp3) is 1.00. The van der Waals surface area contributed by atoms with Crippen LogP contribution < -0.4 is 0 Å². The molecule has 1 saturated heterocycles. The molecule has 0 bridgehead atoms. The second-order valence-electron chi connectivity index (χ2n) is 1.94. The van der Waals surface area contributed by atoms with Gasteiger partial charge in [-0.25, -0.2) is 0 Å². The van der Waals surface area contributed by atoms with Gasteiger partial charge in [-0.3, -0.25) is 0 Å². The Morgan fingerprint density at radius 2 is 2.50 bits per heavy atom. The third kappa shape index (κ3) is 0.876. The second kappa shape index (κ2) is 1.37. The van der Waals surface area contributed by atoms with Gasteiger partial charge < -0.3 is 0 Å². The van der Waals surface area contributed by atoms with Crippen LogP contribution in [0.1, 0.15) is 6.92 Å². The van der Waals surface area contributed by atoms with E-state index in [2.05, 4.69) is 6.92 Å². The van der Waals surface area contributed by atoms with Crippen molar-refractivity contribution < 1.29 is 4.74 Å². The van der Waals surface area contributed by atoms with E-state index < -0.39 is 0 Å². The van der Waals surface area contributed by atoms with Gasteiger partial charge in [0, 0.05) is 0 Å². The Morgan fingerprint density at radius 1 is 2.00 bits per heavy atom. The Hall–Kier alpha value is 0.759. The molecule has 0 N–H and O–H groups in total. The average Bonchev–Trinajstić information content (AvgIpc) is 2.22. The maximum absolute atomic E-state index is 5.08. The first-order chi connectivity index (χ1) is 2.77. The maximum atomic E-state index is 5.08. The van der Waals surface area contributed by atoms with Gasteiger partial charge in [-0.15, -0.1) is 0 Å². The van der Waals surface area contributed by atoms with Crippen LogP contribution in [0, 0.1) is 0 Å². The minimum absolute atomic E-state index is 0.349. The van der Waals surface area contributed by atoms with E-state index in [9.17, 15) is 0 Å². The molecule has 2 heteroatoms. The summed E-state index contributed by atoms with van der Waals surface area (Å²) in [6.45, 7) is 3.17. The Balaban J connectivity index is 2.28. The Kier molecular flexibility index (Phi) is 1.12. The standard InChI is InChI=1S/C4H7O.Sn.H/c1-4(2)3-5-4;;/h1,3H2,2H3;;. The van der Waals surface area contributed by atoms with Crippen LogP contribution in [-0.4, -0.2) is 34.7 Å². The Morgan fingerprint density at radius 3 is 2.50 bits per heavy atom. The van der Waals surface area contributed by atoms with E-state index in [0.717, 1.165) is 6.61 Å². The molecule has 0 spiro atoms. The first-order valence-electron chi connectivity index (χ1n) is 2.11. The van der Waals surface area contributed by atoms with Crippen molar-refractivity contribution in [2.75, 3.05) is 6.61 Å². The van der Waals surface area contributed by atoms with Crippen molar-refractivity contribution in [3.05, 3.63) is 0 Å². The summed E-state index contributed by atoms with van der Waals surface area (Å²) in [6.07, 6.45) is 0. The number of hydrogen-bond donors (Lipinski definition) is 0. The minimum atomic E-state index is 0.349. The van der Waals surface area contributed by atoms with E-state index in [1.165, 1.54) is 27.0 Å². The topological polar surface area (TPSA) is 12.5 Å². The van der Waals surface area contributed by atoms with E-state index in [1.807, 2.05) is 0 Å². The number of epoxide rings is 1. The first kappa shape index (κ1) is 4.91. The molecule has 1 aliphatic heterocycles. The fourth-order valence-corrected chi connectivity index (χ4v) is 0.914. The monoisotopic (exact) mass is 192 g/mol. The summed E-state index contributed by atoms with van der Waals surface area (Å²) in [5.41, 5.74) is 0.349. The van der Waals surface area contributed by atoms with Gasteiger partial charge in [-0.05, 0) is 0 Å². The van der Waals surface area contributed by atoms with Crippen molar-refractivity contribution in [2.45, 2.75) is 17.0 Å². The van der Waals surface area contributed by atoms with Crippen molar-refractivity contribution in [3.8, 4) is 0 Å². The van der Waals surface area contributed by atoms with Crippen LogP contribution in [0.15, 0.2) is 0 Å². The van der Waals surface area contributed by atoms with Crippen molar-refractivity contribution in [3.63, 3.8) is 0 Å². The van der Waals surface area contributed by atoms with Crippen LogP contribution >= 0.6 is 0 Å². The quantitative estimate of drug-likeness (QED) is 0.422. The molecule has 0 aromatic carbocycles. The summed E-state index contributed by atoms with van der Waals surface area (Å²) in [6, 6.07) is 0. The zero-order chi connectivity index (χ0) is 4.62. The van der Waals surface area contributed by atoms with Gasteiger partial charge in [0.2, 0.25) is 0 Å². The molecule has 1 rings (SSSR count). The van der Waals surface area contributed by atoms with Gasteiger partial charge >= 0.3 is 50.8 Å². The third-order valence-electron chi connectivity index (χ3n) is 1.07. The summed E-state index contributed by atoms with van der Waals surface area (Å²) in [5.74, 6) is 0. The third-order valence-corrected chi connectivity index (χ3v) is 3.53. The zero-order valence-electron chi connectivity index (χ0n) is 3.90. The van der Waals surface area contributed by atoms with Crippen LogP contribution in [0.5, 0.6) is 0 Å². The summed E-state index contributed by atoms with van der Waals surface area (Å²) in [4.78, 5) is 0. The fourth-order valence-electron chi connectivity index (χ4n) is 0.241. The molecule has 1 nitrogen and oxygen atoms in total. The van der Waals surface area contributed by atoms with Crippen molar-refractivity contribution >= 4 is 22.5 Å². The Labute approximate surface area is 51.2 Å². The summed E-state index contributed by atoms with van der Waals surface area (Å²) >= 11 is 1.34. The van der Waals surface area contributed by atoms with Crippen LogP contribution in [0.25, 0.3) is 0 Å². The molecule has 1 fully saturated rings. The molecular weight excluding hydrogens is 183 g/mol. The van der Waals surface area contributed by atoms with Crippen LogP contribution in [-0.2, 0) is 4.74 Å². The predicted molar refractivity (Wildman–Crippen MR) is 26.3 cm³/mol. The molecular formula is C4H8OSn. The predicted octanol–water partition coefficient (Wildman–Crippen LogP) is 0.0944.